The lowest BCUT2D eigenvalue weighted by molar-refractivity contribution is -0.385. The summed E-state index contributed by atoms with van der Waals surface area (Å²) in [6, 6.07) is 21.3. The van der Waals surface area contributed by atoms with Gasteiger partial charge in [0.15, 0.2) is 11.2 Å². The summed E-state index contributed by atoms with van der Waals surface area (Å²) in [5.74, 6) is -3.25. The number of carbonyl (C=O) groups is 3. The molecule has 6 rings (SSSR count). The number of fused-ring (bicyclic) bond motifs is 3. The molecule has 49 heavy (non-hydrogen) atoms. The smallest absolute Gasteiger partial charge is 0.323 e. The third-order valence-corrected chi connectivity index (χ3v) is 10.2. The minimum atomic E-state index is -1.90. The van der Waals surface area contributed by atoms with Crippen molar-refractivity contribution >= 4 is 39.9 Å². The van der Waals surface area contributed by atoms with Gasteiger partial charge >= 0.3 is 11.9 Å². The maximum Gasteiger partial charge on any atom is 0.323 e. The number of Topliss-reactive ketones (excluding diaryl/α,β-unsaturated/α-hetero) is 1. The molecule has 3 unspecified atom stereocenters. The van der Waals surface area contributed by atoms with Crippen molar-refractivity contribution in [2.45, 2.75) is 31.1 Å². The van der Waals surface area contributed by atoms with Gasteiger partial charge in [-0.15, -0.1) is 0 Å². The van der Waals surface area contributed by atoms with E-state index in [-0.39, 0.29) is 17.9 Å². The van der Waals surface area contributed by atoms with Crippen LogP contribution in [0.3, 0.4) is 0 Å². The maximum absolute atomic E-state index is 15.2. The Labute approximate surface area is 281 Å². The largest absolute Gasteiger partial charge is 0.468 e. The molecule has 2 aliphatic heterocycles. The van der Waals surface area contributed by atoms with Gasteiger partial charge in [0.05, 0.1) is 36.0 Å². The van der Waals surface area contributed by atoms with Gasteiger partial charge in [-0.25, -0.2) is 0 Å². The van der Waals surface area contributed by atoms with E-state index in [1.807, 2.05) is 54.3 Å². The van der Waals surface area contributed by atoms with Crippen molar-refractivity contribution in [3.8, 4) is 0 Å². The van der Waals surface area contributed by atoms with Gasteiger partial charge in [-0.2, -0.15) is 0 Å². The topological polar surface area (TPSA) is 162 Å². The standard InChI is InChI=1S/C36H34N4O9/c1-21(27-11-7-9-22-8-5-6-10-28(22)27)38-20-36(35(43)49-4)32(24-14-18-26(19-15-24)40(46)47)37(2)30(23-12-16-25(17-13-23)39(44)45)29(33(36)41)31(38)34(42)48-3/h5-19,21,29-32H,20H2,1-4H3/t21-,29?,30+,31?,32-,36?/m0/s1. The van der Waals surface area contributed by atoms with Crippen molar-refractivity contribution in [1.29, 1.82) is 0 Å². The average Bonchev–Trinajstić information content (AvgIpc) is 3.11. The summed E-state index contributed by atoms with van der Waals surface area (Å²) in [6.45, 7) is 1.66. The quantitative estimate of drug-likeness (QED) is 0.103. The first kappa shape index (κ1) is 33.4. The number of hydrogen-bond acceptors (Lipinski definition) is 11. The molecular weight excluding hydrogens is 632 g/mol. The molecule has 2 aliphatic rings. The molecule has 2 bridgehead atoms. The third kappa shape index (κ3) is 5.31. The minimum absolute atomic E-state index is 0.163. The molecule has 0 radical (unpaired) electrons. The first-order valence-corrected chi connectivity index (χ1v) is 15.6. The highest BCUT2D eigenvalue weighted by atomic mass is 16.6. The number of benzene rings is 4. The van der Waals surface area contributed by atoms with Crippen LogP contribution >= 0.6 is 0 Å². The van der Waals surface area contributed by atoms with Crippen LogP contribution in [-0.2, 0) is 23.9 Å². The van der Waals surface area contributed by atoms with Crippen molar-refractivity contribution < 1.29 is 33.7 Å². The second-order valence-corrected chi connectivity index (χ2v) is 12.4. The van der Waals surface area contributed by atoms with Gasteiger partial charge in [0, 0.05) is 42.9 Å². The highest BCUT2D eigenvalue weighted by Crippen LogP contribution is 2.58. The Morgan fingerprint density at radius 3 is 1.98 bits per heavy atom. The number of likely N-dealkylation sites (tertiary alicyclic amines) is 2. The van der Waals surface area contributed by atoms with Crippen LogP contribution in [0, 0.1) is 31.6 Å². The lowest BCUT2D eigenvalue weighted by Crippen LogP contribution is -2.73. The zero-order valence-corrected chi connectivity index (χ0v) is 27.2. The molecule has 4 aromatic carbocycles. The van der Waals surface area contributed by atoms with Crippen molar-refractivity contribution in [3.63, 3.8) is 0 Å². The van der Waals surface area contributed by atoms with E-state index in [1.54, 1.807) is 11.9 Å². The van der Waals surface area contributed by atoms with Gasteiger partial charge in [0.25, 0.3) is 11.4 Å². The molecule has 252 valence electrons. The summed E-state index contributed by atoms with van der Waals surface area (Å²) < 4.78 is 10.7. The van der Waals surface area contributed by atoms with Crippen LogP contribution in [-0.4, -0.2) is 71.2 Å². The predicted molar refractivity (Wildman–Crippen MR) is 177 cm³/mol. The highest BCUT2D eigenvalue weighted by molar-refractivity contribution is 6.10. The van der Waals surface area contributed by atoms with Gasteiger partial charge in [-0.05, 0) is 41.4 Å². The molecule has 0 saturated carbocycles. The molecular formula is C36H34N4O9. The Balaban J connectivity index is 1.63. The van der Waals surface area contributed by atoms with Crippen LogP contribution in [0.4, 0.5) is 11.4 Å². The van der Waals surface area contributed by atoms with Crippen molar-refractivity contribution in [3.05, 3.63) is 128 Å². The third-order valence-electron chi connectivity index (χ3n) is 10.2. The molecule has 0 spiro atoms. The van der Waals surface area contributed by atoms with Crippen LogP contribution in [0.5, 0.6) is 0 Å². The Bertz CT molecular complexity index is 1960. The number of methoxy groups -OCH3 is 2. The molecule has 13 heteroatoms. The van der Waals surface area contributed by atoms with Gasteiger partial charge in [-0.1, -0.05) is 66.7 Å². The number of ketones is 1. The van der Waals surface area contributed by atoms with Crippen LogP contribution in [0.1, 0.15) is 41.7 Å². The number of nitro benzene ring substituents is 2. The molecule has 0 aromatic heterocycles. The fraction of sp³-hybridized carbons (Fsp3) is 0.306. The van der Waals surface area contributed by atoms with E-state index < -0.39 is 63.1 Å². The summed E-state index contributed by atoms with van der Waals surface area (Å²) in [5.41, 5.74) is -0.455. The zero-order valence-electron chi connectivity index (χ0n) is 27.2. The lowest BCUT2D eigenvalue weighted by atomic mass is 9.58. The summed E-state index contributed by atoms with van der Waals surface area (Å²) in [4.78, 5) is 69.0. The first-order chi connectivity index (χ1) is 23.5. The number of hydrogen-bond donors (Lipinski definition) is 0. The Morgan fingerprint density at radius 1 is 0.837 bits per heavy atom. The van der Waals surface area contributed by atoms with Gasteiger partial charge < -0.3 is 9.47 Å². The Kier molecular flexibility index (Phi) is 8.73. The first-order valence-electron chi connectivity index (χ1n) is 15.6. The van der Waals surface area contributed by atoms with Gasteiger partial charge in [0.2, 0.25) is 0 Å². The summed E-state index contributed by atoms with van der Waals surface area (Å²) >= 11 is 0. The number of piperidine rings is 2. The number of nitro groups is 2. The van der Waals surface area contributed by atoms with Crippen LogP contribution in [0.15, 0.2) is 91.0 Å². The molecule has 0 N–H and O–H groups in total. The fourth-order valence-corrected chi connectivity index (χ4v) is 7.98. The molecule has 4 aromatic rings. The normalized spacial score (nSPS) is 24.6. The number of esters is 2. The van der Waals surface area contributed by atoms with E-state index in [0.717, 1.165) is 16.3 Å². The SMILES string of the molecule is COC(=O)C1C2C(=O)C(C(=O)OC)(CN1[C@@H](C)c1cccc3ccccc13)[C@H](c1ccc([N+](=O)[O-])cc1)N(C)[C@@H]2c1ccc([N+](=O)[O-])cc1. The summed E-state index contributed by atoms with van der Waals surface area (Å²) in [6.07, 6.45) is 0. The van der Waals surface area contributed by atoms with Gasteiger partial charge in [0.1, 0.15) is 6.04 Å². The zero-order chi connectivity index (χ0) is 35.2. The molecule has 6 atom stereocenters. The molecule has 0 amide bonds. The monoisotopic (exact) mass is 666 g/mol. The second kappa shape index (κ2) is 12.8. The molecule has 0 aliphatic carbocycles. The van der Waals surface area contributed by atoms with E-state index in [0.29, 0.717) is 11.1 Å². The number of nitrogens with zero attached hydrogens (tertiary/aromatic N) is 4. The van der Waals surface area contributed by atoms with Crippen LogP contribution in [0.2, 0.25) is 0 Å². The molecule has 2 saturated heterocycles. The van der Waals surface area contributed by atoms with E-state index >= 15 is 4.79 Å². The van der Waals surface area contributed by atoms with Crippen molar-refractivity contribution in [1.82, 2.24) is 9.80 Å². The van der Waals surface area contributed by atoms with Crippen molar-refractivity contribution in [2.75, 3.05) is 27.8 Å². The molecule has 2 heterocycles. The Morgan fingerprint density at radius 2 is 1.41 bits per heavy atom. The second-order valence-electron chi connectivity index (χ2n) is 12.4. The van der Waals surface area contributed by atoms with Crippen LogP contribution in [0.25, 0.3) is 10.8 Å². The number of carbonyl (C=O) groups excluding carboxylic acids is 3. The molecule has 2 fully saturated rings. The highest BCUT2D eigenvalue weighted by Gasteiger charge is 2.70. The summed E-state index contributed by atoms with van der Waals surface area (Å²) in [7, 11) is 4.13. The predicted octanol–water partition coefficient (Wildman–Crippen LogP) is 5.35. The van der Waals surface area contributed by atoms with E-state index in [4.69, 9.17) is 9.47 Å². The lowest BCUT2D eigenvalue weighted by Gasteiger charge is -2.60. The number of non-ortho nitro benzene ring substituents is 2. The number of ether oxygens (including phenoxy) is 2. The van der Waals surface area contributed by atoms with Gasteiger partial charge in [-0.3, -0.25) is 44.4 Å². The fourth-order valence-electron chi connectivity index (χ4n) is 7.98. The average molecular weight is 667 g/mol. The Hall–Kier alpha value is -5.53. The maximum atomic E-state index is 15.2. The van der Waals surface area contributed by atoms with E-state index in [1.165, 1.54) is 62.8 Å². The van der Waals surface area contributed by atoms with Crippen molar-refractivity contribution in [2.24, 2.45) is 11.3 Å². The van der Waals surface area contributed by atoms with E-state index in [9.17, 15) is 29.8 Å². The van der Waals surface area contributed by atoms with E-state index in [2.05, 4.69) is 0 Å². The minimum Gasteiger partial charge on any atom is -0.468 e. The number of rotatable bonds is 8. The van der Waals surface area contributed by atoms with Crippen LogP contribution < -0.4 is 0 Å². The summed E-state index contributed by atoms with van der Waals surface area (Å²) in [5, 5.41) is 25.0. The molecule has 13 nitrogen and oxygen atoms in total.